The van der Waals surface area contributed by atoms with Gasteiger partial charge >= 0.3 is 0 Å². The molecule has 0 bridgehead atoms. The van der Waals surface area contributed by atoms with E-state index in [0.717, 1.165) is 18.6 Å². The third-order valence-corrected chi connectivity index (χ3v) is 4.09. The third-order valence-electron chi connectivity index (χ3n) is 4.09. The number of aromatic nitrogens is 2. The van der Waals surface area contributed by atoms with Gasteiger partial charge in [0.15, 0.2) is 0 Å². The molecule has 1 aromatic heterocycles. The molecule has 1 N–H and O–H groups in total. The topological polar surface area (TPSA) is 86.5 Å². The molecule has 0 fully saturated rings. The number of amides is 1. The van der Waals surface area contributed by atoms with Crippen molar-refractivity contribution in [2.24, 2.45) is 0 Å². The maximum atomic E-state index is 12.0. The summed E-state index contributed by atoms with van der Waals surface area (Å²) in [5.41, 5.74) is 1.17. The molecular formula is C19H27N3O4. The lowest BCUT2D eigenvalue weighted by molar-refractivity contribution is -0.122. The second-order valence-electron chi connectivity index (χ2n) is 6.07. The highest BCUT2D eigenvalue weighted by atomic mass is 16.5. The van der Waals surface area contributed by atoms with Gasteiger partial charge in [-0.05, 0) is 30.5 Å². The lowest BCUT2D eigenvalue weighted by Gasteiger charge is -2.15. The number of nitrogens with one attached hydrogen (secondary N) is 1. The van der Waals surface area contributed by atoms with Gasteiger partial charge in [-0.25, -0.2) is 0 Å². The Kier molecular flexibility index (Phi) is 8.08. The molecule has 0 aliphatic rings. The van der Waals surface area contributed by atoms with E-state index in [9.17, 15) is 4.79 Å². The number of nitrogens with zero attached hydrogens (tertiary/aromatic N) is 2. The second kappa shape index (κ2) is 10.6. The zero-order valence-electron chi connectivity index (χ0n) is 15.7. The lowest BCUT2D eigenvalue weighted by atomic mass is 10.1. The number of ether oxygens (including phenoxy) is 2. The highest BCUT2D eigenvalue weighted by Gasteiger charge is 2.12. The molecule has 1 atom stereocenters. The third kappa shape index (κ3) is 6.48. The smallest absolute Gasteiger partial charge is 0.220 e. The van der Waals surface area contributed by atoms with E-state index in [2.05, 4.69) is 15.5 Å². The molecule has 2 aromatic rings. The van der Waals surface area contributed by atoms with Crippen LogP contribution in [0.25, 0.3) is 0 Å². The van der Waals surface area contributed by atoms with E-state index in [0.29, 0.717) is 37.7 Å². The molecule has 1 aromatic carbocycles. The van der Waals surface area contributed by atoms with Crippen molar-refractivity contribution in [1.82, 2.24) is 15.5 Å². The molecule has 1 amide bonds. The van der Waals surface area contributed by atoms with Crippen LogP contribution in [0.2, 0.25) is 0 Å². The van der Waals surface area contributed by atoms with Crippen LogP contribution >= 0.6 is 0 Å². The Morgan fingerprint density at radius 3 is 2.42 bits per heavy atom. The van der Waals surface area contributed by atoms with Crippen molar-refractivity contribution < 1.29 is 18.7 Å². The molecule has 0 aliphatic heterocycles. The Morgan fingerprint density at radius 1 is 1.12 bits per heavy atom. The Hall–Kier alpha value is -2.41. The molecule has 26 heavy (non-hydrogen) atoms. The first-order valence-corrected chi connectivity index (χ1v) is 8.87. The van der Waals surface area contributed by atoms with Gasteiger partial charge in [-0.15, -0.1) is 10.2 Å². The number of carbonyl (C=O) groups is 1. The predicted molar refractivity (Wildman–Crippen MR) is 97.1 cm³/mol. The van der Waals surface area contributed by atoms with Gasteiger partial charge in [0.1, 0.15) is 5.75 Å². The van der Waals surface area contributed by atoms with E-state index in [1.807, 2.05) is 31.2 Å². The molecule has 142 valence electrons. The van der Waals surface area contributed by atoms with Crippen molar-refractivity contribution in [3.63, 3.8) is 0 Å². The lowest BCUT2D eigenvalue weighted by Crippen LogP contribution is -2.37. The van der Waals surface area contributed by atoms with Crippen LogP contribution in [0.5, 0.6) is 5.75 Å². The number of hydrogen-bond acceptors (Lipinski definition) is 6. The Balaban J connectivity index is 1.75. The first kappa shape index (κ1) is 19.9. The van der Waals surface area contributed by atoms with E-state index in [-0.39, 0.29) is 11.9 Å². The van der Waals surface area contributed by atoms with Crippen LogP contribution in [-0.2, 0) is 28.8 Å². The standard InChI is InChI=1S/C19H27N3O4/c1-4-15(13-24-2)20-17(23)10-12-19-22-21-18(26-19)11-7-14-5-8-16(25-3)9-6-14/h5-6,8-9,15H,4,7,10-13H2,1-3H3,(H,20,23)/t15-/m0/s1. The summed E-state index contributed by atoms with van der Waals surface area (Å²) < 4.78 is 15.8. The van der Waals surface area contributed by atoms with Crippen molar-refractivity contribution in [3.8, 4) is 5.75 Å². The monoisotopic (exact) mass is 361 g/mol. The maximum absolute atomic E-state index is 12.0. The average Bonchev–Trinajstić information content (AvgIpc) is 3.12. The molecule has 0 spiro atoms. The summed E-state index contributed by atoms with van der Waals surface area (Å²) in [6, 6.07) is 7.94. The number of rotatable bonds is 11. The van der Waals surface area contributed by atoms with E-state index in [1.165, 1.54) is 5.56 Å². The molecule has 0 aliphatic carbocycles. The second-order valence-corrected chi connectivity index (χ2v) is 6.07. The predicted octanol–water partition coefficient (Wildman–Crippen LogP) is 2.34. The zero-order valence-corrected chi connectivity index (χ0v) is 15.7. The largest absolute Gasteiger partial charge is 0.497 e. The van der Waals surface area contributed by atoms with Gasteiger partial charge in [0.2, 0.25) is 17.7 Å². The first-order valence-electron chi connectivity index (χ1n) is 8.87. The van der Waals surface area contributed by atoms with Gasteiger partial charge in [-0.3, -0.25) is 4.79 Å². The summed E-state index contributed by atoms with van der Waals surface area (Å²) in [5, 5.41) is 11.0. The molecule has 1 heterocycles. The minimum absolute atomic E-state index is 0.0353. The summed E-state index contributed by atoms with van der Waals surface area (Å²) in [6.45, 7) is 2.52. The van der Waals surface area contributed by atoms with Crippen LogP contribution in [0.1, 0.15) is 37.1 Å². The van der Waals surface area contributed by atoms with Gasteiger partial charge in [-0.1, -0.05) is 19.1 Å². The molecule has 0 unspecified atom stereocenters. The van der Waals surface area contributed by atoms with Gasteiger partial charge in [0, 0.05) is 26.4 Å². The maximum Gasteiger partial charge on any atom is 0.220 e. The summed E-state index contributed by atoms with van der Waals surface area (Å²) in [4.78, 5) is 12.0. The van der Waals surface area contributed by atoms with E-state index < -0.39 is 0 Å². The van der Waals surface area contributed by atoms with Crippen LogP contribution in [0, 0.1) is 0 Å². The number of carbonyl (C=O) groups excluding carboxylic acids is 1. The highest BCUT2D eigenvalue weighted by molar-refractivity contribution is 5.76. The normalized spacial score (nSPS) is 12.0. The Morgan fingerprint density at radius 2 is 1.81 bits per heavy atom. The Bertz CT molecular complexity index is 670. The average molecular weight is 361 g/mol. The van der Waals surface area contributed by atoms with Crippen molar-refractivity contribution >= 4 is 5.91 Å². The van der Waals surface area contributed by atoms with Crippen molar-refractivity contribution in [2.75, 3.05) is 20.8 Å². The van der Waals surface area contributed by atoms with Crippen LogP contribution in [-0.4, -0.2) is 43.0 Å². The summed E-state index contributed by atoms with van der Waals surface area (Å²) >= 11 is 0. The van der Waals surface area contributed by atoms with Crippen molar-refractivity contribution in [2.45, 2.75) is 45.1 Å². The van der Waals surface area contributed by atoms with Gasteiger partial charge in [0.25, 0.3) is 0 Å². The Labute approximate surface area is 154 Å². The molecule has 0 radical (unpaired) electrons. The van der Waals surface area contributed by atoms with E-state index in [4.69, 9.17) is 13.9 Å². The molecule has 2 rings (SSSR count). The van der Waals surface area contributed by atoms with Gasteiger partial charge < -0.3 is 19.2 Å². The van der Waals surface area contributed by atoms with E-state index >= 15 is 0 Å². The van der Waals surface area contributed by atoms with Crippen LogP contribution in [0.3, 0.4) is 0 Å². The molecular weight excluding hydrogens is 334 g/mol. The van der Waals surface area contributed by atoms with Crippen LogP contribution in [0.4, 0.5) is 0 Å². The molecule has 7 heteroatoms. The van der Waals surface area contributed by atoms with Gasteiger partial charge in [0.05, 0.1) is 19.8 Å². The fraction of sp³-hybridized carbons (Fsp3) is 0.526. The molecule has 0 saturated heterocycles. The number of benzene rings is 1. The SMILES string of the molecule is CC[C@@H](COC)NC(=O)CCc1nnc(CCc2ccc(OC)cc2)o1. The molecule has 0 saturated carbocycles. The summed E-state index contributed by atoms with van der Waals surface area (Å²) in [6.07, 6.45) is 3.05. The minimum Gasteiger partial charge on any atom is -0.497 e. The van der Waals surface area contributed by atoms with Gasteiger partial charge in [-0.2, -0.15) is 0 Å². The van der Waals surface area contributed by atoms with Crippen LogP contribution in [0.15, 0.2) is 28.7 Å². The first-order chi connectivity index (χ1) is 12.6. The van der Waals surface area contributed by atoms with Crippen LogP contribution < -0.4 is 10.1 Å². The summed E-state index contributed by atoms with van der Waals surface area (Å²) in [7, 11) is 3.27. The van der Waals surface area contributed by atoms with Crippen molar-refractivity contribution in [3.05, 3.63) is 41.6 Å². The fourth-order valence-electron chi connectivity index (χ4n) is 2.52. The quantitative estimate of drug-likeness (QED) is 0.661. The van der Waals surface area contributed by atoms with E-state index in [1.54, 1.807) is 14.2 Å². The zero-order chi connectivity index (χ0) is 18.8. The fourth-order valence-corrected chi connectivity index (χ4v) is 2.52. The molecule has 7 nitrogen and oxygen atoms in total. The van der Waals surface area contributed by atoms with Crippen molar-refractivity contribution in [1.29, 1.82) is 0 Å². The number of aryl methyl sites for hydroxylation is 3. The summed E-state index contributed by atoms with van der Waals surface area (Å²) in [5.74, 6) is 1.88. The highest BCUT2D eigenvalue weighted by Crippen LogP contribution is 2.13. The number of methoxy groups -OCH3 is 2. The minimum atomic E-state index is -0.0353. The number of hydrogen-bond donors (Lipinski definition) is 1.